The first-order chi connectivity index (χ1) is 16.4. The summed E-state index contributed by atoms with van der Waals surface area (Å²) in [5.74, 6) is 1.51. The molecule has 0 unspecified atom stereocenters. The number of nitrogens with two attached hydrogens (primary N) is 1. The summed E-state index contributed by atoms with van der Waals surface area (Å²) in [4.78, 5) is 13.6. The number of nitro benzene ring substituents is 1. The van der Waals surface area contributed by atoms with Crippen molar-refractivity contribution in [3.63, 3.8) is 0 Å². The van der Waals surface area contributed by atoms with Gasteiger partial charge in [0.1, 0.15) is 5.75 Å². The summed E-state index contributed by atoms with van der Waals surface area (Å²) in [6.45, 7) is 1.95. The predicted octanol–water partition coefficient (Wildman–Crippen LogP) is 5.04. The van der Waals surface area contributed by atoms with E-state index in [2.05, 4.69) is 20.8 Å². The maximum atomic E-state index is 11.8. The lowest BCUT2D eigenvalue weighted by Gasteiger charge is -2.24. The Labute approximate surface area is 207 Å². The molecule has 0 bridgehead atoms. The van der Waals surface area contributed by atoms with Gasteiger partial charge in [0, 0.05) is 31.7 Å². The van der Waals surface area contributed by atoms with Gasteiger partial charge in [-0.1, -0.05) is 30.3 Å². The number of hydrogen-bond acceptors (Lipinski definition) is 7. The zero-order valence-corrected chi connectivity index (χ0v) is 21.0. The minimum atomic E-state index is -0.393. The fourth-order valence-corrected chi connectivity index (χ4v) is 4.31. The Morgan fingerprint density at radius 2 is 1.38 bits per heavy atom. The molecule has 0 saturated heterocycles. The second kappa shape index (κ2) is 11.8. The van der Waals surface area contributed by atoms with Gasteiger partial charge in [-0.2, -0.15) is 0 Å². The zero-order valence-electron chi connectivity index (χ0n) is 19.4. The third-order valence-electron chi connectivity index (χ3n) is 5.46. The Balaban J connectivity index is 1.97. The molecular weight excluding hydrogens is 502 g/mol. The molecule has 0 radical (unpaired) electrons. The van der Waals surface area contributed by atoms with Crippen molar-refractivity contribution in [1.29, 1.82) is 0 Å². The van der Waals surface area contributed by atoms with E-state index in [1.54, 1.807) is 13.2 Å². The third-order valence-corrected chi connectivity index (χ3v) is 6.08. The Kier molecular flexibility index (Phi) is 8.86. The molecule has 0 atom stereocenters. The zero-order chi connectivity index (χ0) is 24.7. The van der Waals surface area contributed by atoms with Gasteiger partial charge in [0.15, 0.2) is 11.5 Å². The first-order valence-electron chi connectivity index (χ1n) is 10.6. The molecule has 0 aliphatic heterocycles. The van der Waals surface area contributed by atoms with E-state index in [0.717, 1.165) is 26.9 Å². The van der Waals surface area contributed by atoms with Crippen LogP contribution in [0.3, 0.4) is 0 Å². The van der Waals surface area contributed by atoms with Crippen molar-refractivity contribution in [2.75, 3.05) is 21.3 Å². The van der Waals surface area contributed by atoms with Gasteiger partial charge in [-0.3, -0.25) is 15.0 Å². The Hall–Kier alpha value is -3.14. The molecule has 0 amide bonds. The normalized spacial score (nSPS) is 10.9. The Bertz CT molecular complexity index is 1140. The molecule has 0 aromatic heterocycles. The minimum absolute atomic E-state index is 0.0166. The number of methoxy groups -OCH3 is 3. The minimum Gasteiger partial charge on any atom is -0.496 e. The molecule has 0 fully saturated rings. The Morgan fingerprint density at radius 1 is 0.824 bits per heavy atom. The van der Waals surface area contributed by atoms with E-state index in [1.807, 2.05) is 42.5 Å². The quantitative estimate of drug-likeness (QED) is 0.274. The summed E-state index contributed by atoms with van der Waals surface area (Å²) in [5.41, 5.74) is 9.41. The molecule has 0 aliphatic rings. The van der Waals surface area contributed by atoms with Crippen LogP contribution in [0.15, 0.2) is 59.1 Å². The fraction of sp³-hybridized carbons (Fsp3) is 0.280. The van der Waals surface area contributed by atoms with Gasteiger partial charge < -0.3 is 19.9 Å². The highest BCUT2D eigenvalue weighted by molar-refractivity contribution is 9.10. The van der Waals surface area contributed by atoms with Crippen LogP contribution in [0.2, 0.25) is 0 Å². The molecule has 3 rings (SSSR count). The highest BCUT2D eigenvalue weighted by Gasteiger charge is 2.22. The van der Waals surface area contributed by atoms with E-state index < -0.39 is 4.92 Å². The summed E-state index contributed by atoms with van der Waals surface area (Å²) in [6, 6.07) is 17.0. The van der Waals surface area contributed by atoms with Crippen LogP contribution in [-0.2, 0) is 26.2 Å². The van der Waals surface area contributed by atoms with Crippen molar-refractivity contribution >= 4 is 21.6 Å². The number of rotatable bonds is 11. The smallest absolute Gasteiger partial charge is 0.277 e. The van der Waals surface area contributed by atoms with E-state index in [0.29, 0.717) is 43.2 Å². The largest absolute Gasteiger partial charge is 0.496 e. The summed E-state index contributed by atoms with van der Waals surface area (Å²) in [5, 5.41) is 11.8. The molecule has 8 nitrogen and oxygen atoms in total. The van der Waals surface area contributed by atoms with Gasteiger partial charge in [-0.05, 0) is 50.8 Å². The van der Waals surface area contributed by atoms with Crippen LogP contribution in [0.1, 0.15) is 22.3 Å². The van der Waals surface area contributed by atoms with Gasteiger partial charge in [-0.25, -0.2) is 0 Å². The average Bonchev–Trinajstić information content (AvgIpc) is 2.84. The molecule has 0 aliphatic carbocycles. The summed E-state index contributed by atoms with van der Waals surface area (Å²) in [7, 11) is 4.59. The highest BCUT2D eigenvalue weighted by atomic mass is 79.9. The predicted molar refractivity (Wildman–Crippen MR) is 134 cm³/mol. The average molecular weight is 530 g/mol. The molecule has 34 heavy (non-hydrogen) atoms. The number of ether oxygens (including phenoxy) is 3. The summed E-state index contributed by atoms with van der Waals surface area (Å²) >= 11 is 3.54. The molecule has 3 aromatic rings. The van der Waals surface area contributed by atoms with Crippen molar-refractivity contribution in [1.82, 2.24) is 4.90 Å². The number of nitro groups is 1. The summed E-state index contributed by atoms with van der Waals surface area (Å²) in [6.07, 6.45) is 0. The van der Waals surface area contributed by atoms with E-state index in [1.165, 1.54) is 20.3 Å². The molecule has 0 saturated carbocycles. The van der Waals surface area contributed by atoms with Gasteiger partial charge in [0.2, 0.25) is 0 Å². The maximum absolute atomic E-state index is 11.8. The molecular formula is C25H28BrN3O5. The van der Waals surface area contributed by atoms with Crippen LogP contribution in [-0.4, -0.2) is 31.2 Å². The van der Waals surface area contributed by atoms with E-state index >= 15 is 0 Å². The second-order valence-corrected chi connectivity index (χ2v) is 8.58. The molecule has 2 N–H and O–H groups in total. The van der Waals surface area contributed by atoms with Gasteiger partial charge in [0.25, 0.3) is 5.69 Å². The van der Waals surface area contributed by atoms with Crippen LogP contribution in [0.5, 0.6) is 17.2 Å². The van der Waals surface area contributed by atoms with E-state index in [9.17, 15) is 10.1 Å². The van der Waals surface area contributed by atoms with Crippen LogP contribution in [0.4, 0.5) is 5.69 Å². The lowest BCUT2D eigenvalue weighted by molar-refractivity contribution is -0.385. The lowest BCUT2D eigenvalue weighted by atomic mass is 10.1. The molecule has 9 heteroatoms. The summed E-state index contributed by atoms with van der Waals surface area (Å²) < 4.78 is 16.8. The van der Waals surface area contributed by atoms with E-state index in [4.69, 9.17) is 19.9 Å². The van der Waals surface area contributed by atoms with Gasteiger partial charge in [-0.15, -0.1) is 0 Å². The standard InChI is InChI=1S/C25H28BrN3O5/c1-32-23-9-8-19(10-21(23)26)15-28(14-18-6-4-17(13-27)5-7-18)16-20-11-24(33-2)25(34-3)12-22(20)29(30)31/h4-12H,13-16,27H2,1-3H3. The highest BCUT2D eigenvalue weighted by Crippen LogP contribution is 2.35. The molecule has 0 spiro atoms. The fourth-order valence-electron chi connectivity index (χ4n) is 3.72. The number of hydrogen-bond donors (Lipinski definition) is 1. The van der Waals surface area contributed by atoms with Crippen molar-refractivity contribution in [2.24, 2.45) is 5.73 Å². The SMILES string of the molecule is COc1ccc(CN(Cc2ccc(CN)cc2)Cc2cc(OC)c(OC)cc2[N+](=O)[O-])cc1Br. The number of nitrogens with zero attached hydrogens (tertiary/aromatic N) is 2. The van der Waals surface area contributed by atoms with Crippen molar-refractivity contribution in [3.05, 3.63) is 91.4 Å². The van der Waals surface area contributed by atoms with Gasteiger partial charge >= 0.3 is 0 Å². The van der Waals surface area contributed by atoms with Crippen molar-refractivity contribution in [3.8, 4) is 17.2 Å². The first kappa shape index (κ1) is 25.5. The molecule has 0 heterocycles. The lowest BCUT2D eigenvalue weighted by Crippen LogP contribution is -2.23. The number of halogens is 1. The molecule has 180 valence electrons. The van der Waals surface area contributed by atoms with Crippen LogP contribution in [0, 0.1) is 10.1 Å². The third kappa shape index (κ3) is 6.25. The number of benzene rings is 3. The van der Waals surface area contributed by atoms with Crippen molar-refractivity contribution < 1.29 is 19.1 Å². The first-order valence-corrected chi connectivity index (χ1v) is 11.4. The maximum Gasteiger partial charge on any atom is 0.277 e. The Morgan fingerprint density at radius 3 is 1.94 bits per heavy atom. The molecule has 3 aromatic carbocycles. The topological polar surface area (TPSA) is 100 Å². The van der Waals surface area contributed by atoms with Crippen LogP contribution >= 0.6 is 15.9 Å². The van der Waals surface area contributed by atoms with Crippen molar-refractivity contribution in [2.45, 2.75) is 26.2 Å². The monoisotopic (exact) mass is 529 g/mol. The van der Waals surface area contributed by atoms with Crippen LogP contribution < -0.4 is 19.9 Å². The second-order valence-electron chi connectivity index (χ2n) is 7.73. The van der Waals surface area contributed by atoms with Crippen LogP contribution in [0.25, 0.3) is 0 Å². The van der Waals surface area contributed by atoms with E-state index in [-0.39, 0.29) is 5.69 Å². The van der Waals surface area contributed by atoms with Gasteiger partial charge in [0.05, 0.1) is 36.8 Å².